The van der Waals surface area contributed by atoms with Crippen molar-refractivity contribution in [1.29, 1.82) is 0 Å². The molecule has 3 nitrogen and oxygen atoms in total. The van der Waals surface area contributed by atoms with Crippen LogP contribution in [0.4, 0.5) is 0 Å². The smallest absolute Gasteiger partial charge is 0.166 e. The van der Waals surface area contributed by atoms with Crippen LogP contribution in [0.1, 0.15) is 19.8 Å². The maximum absolute atomic E-state index is 5.13. The van der Waals surface area contributed by atoms with Crippen LogP contribution >= 0.6 is 12.2 Å². The van der Waals surface area contributed by atoms with E-state index in [2.05, 4.69) is 34.5 Å². The number of hydrogen-bond acceptors (Lipinski definition) is 1. The van der Waals surface area contributed by atoms with Crippen LogP contribution < -0.4 is 10.6 Å². The molecule has 1 heterocycles. The maximum Gasteiger partial charge on any atom is 0.166 e. The summed E-state index contributed by atoms with van der Waals surface area (Å²) in [6.45, 7) is 4.95. The molecule has 0 aliphatic heterocycles. The number of aromatic nitrogens is 1. The molecule has 1 rings (SSSR count). The van der Waals surface area contributed by atoms with E-state index in [9.17, 15) is 0 Å². The second-order valence-corrected chi connectivity index (χ2v) is 3.87. The van der Waals surface area contributed by atoms with Gasteiger partial charge in [-0.2, -0.15) is 0 Å². The molecule has 0 amide bonds. The van der Waals surface area contributed by atoms with Crippen LogP contribution in [-0.2, 0) is 6.54 Å². The van der Waals surface area contributed by atoms with Crippen LogP contribution in [0.5, 0.6) is 0 Å². The summed E-state index contributed by atoms with van der Waals surface area (Å²) < 4.78 is 2.13. The summed E-state index contributed by atoms with van der Waals surface area (Å²) in [5.41, 5.74) is 0. The van der Waals surface area contributed by atoms with Gasteiger partial charge in [-0.05, 0) is 30.8 Å². The summed E-state index contributed by atoms with van der Waals surface area (Å²) in [5, 5.41) is 7.11. The normalized spacial score (nSPS) is 9.93. The predicted octanol–water partition coefficient (Wildman–Crippen LogP) is 1.75. The van der Waals surface area contributed by atoms with Gasteiger partial charge < -0.3 is 15.2 Å². The van der Waals surface area contributed by atoms with Crippen molar-refractivity contribution in [3.8, 4) is 0 Å². The van der Waals surface area contributed by atoms with E-state index >= 15 is 0 Å². The van der Waals surface area contributed by atoms with Gasteiger partial charge in [0.05, 0.1) is 0 Å². The van der Waals surface area contributed by atoms with Gasteiger partial charge >= 0.3 is 0 Å². The van der Waals surface area contributed by atoms with Crippen molar-refractivity contribution >= 4 is 17.3 Å². The second-order valence-electron chi connectivity index (χ2n) is 3.46. The molecule has 1 aromatic rings. The fraction of sp³-hybridized carbons (Fsp3) is 0.545. The molecule has 0 atom stereocenters. The van der Waals surface area contributed by atoms with Crippen molar-refractivity contribution in [3.05, 3.63) is 24.5 Å². The van der Waals surface area contributed by atoms with Gasteiger partial charge in [0.25, 0.3) is 0 Å². The number of hydrogen-bond donors (Lipinski definition) is 2. The molecule has 84 valence electrons. The molecule has 0 bridgehead atoms. The molecule has 0 saturated heterocycles. The van der Waals surface area contributed by atoms with Gasteiger partial charge in [0, 0.05) is 32.0 Å². The first kappa shape index (κ1) is 12.0. The van der Waals surface area contributed by atoms with E-state index in [-0.39, 0.29) is 0 Å². The lowest BCUT2D eigenvalue weighted by Crippen LogP contribution is -2.37. The fourth-order valence-electron chi connectivity index (χ4n) is 1.26. The third kappa shape index (κ3) is 5.42. The van der Waals surface area contributed by atoms with Crippen molar-refractivity contribution in [2.75, 3.05) is 13.1 Å². The van der Waals surface area contributed by atoms with Gasteiger partial charge in [-0.15, -0.1) is 0 Å². The van der Waals surface area contributed by atoms with Gasteiger partial charge in [-0.3, -0.25) is 0 Å². The molecule has 0 radical (unpaired) electrons. The molecular formula is C11H19N3S. The molecule has 0 fully saturated rings. The van der Waals surface area contributed by atoms with Crippen molar-refractivity contribution in [1.82, 2.24) is 15.2 Å². The summed E-state index contributed by atoms with van der Waals surface area (Å²) in [6.07, 6.45) is 6.46. The molecule has 0 spiro atoms. The lowest BCUT2D eigenvalue weighted by Gasteiger charge is -2.10. The van der Waals surface area contributed by atoms with Crippen molar-refractivity contribution < 1.29 is 0 Å². The van der Waals surface area contributed by atoms with Crippen molar-refractivity contribution in [2.45, 2.75) is 26.3 Å². The minimum atomic E-state index is 0.760. The van der Waals surface area contributed by atoms with E-state index in [4.69, 9.17) is 12.2 Å². The van der Waals surface area contributed by atoms with Crippen LogP contribution in [0, 0.1) is 0 Å². The average molecular weight is 225 g/mol. The van der Waals surface area contributed by atoms with Gasteiger partial charge in [0.2, 0.25) is 0 Å². The number of nitrogens with zero attached hydrogens (tertiary/aromatic N) is 1. The standard InChI is InChI=1S/C11H19N3S/c1-2-3-6-12-11(15)13-7-10-14-8-4-5-9-14/h4-5,8-9H,2-3,6-7,10H2,1H3,(H2,12,13,15). The fourth-order valence-corrected chi connectivity index (χ4v) is 1.46. The Kier molecular flexibility index (Phi) is 5.85. The quantitative estimate of drug-likeness (QED) is 0.571. The van der Waals surface area contributed by atoms with E-state index in [1.54, 1.807) is 0 Å². The highest BCUT2D eigenvalue weighted by Crippen LogP contribution is 1.88. The molecule has 0 aliphatic rings. The summed E-state index contributed by atoms with van der Waals surface area (Å²) in [4.78, 5) is 0. The molecule has 0 aromatic carbocycles. The van der Waals surface area contributed by atoms with E-state index < -0.39 is 0 Å². The highest BCUT2D eigenvalue weighted by molar-refractivity contribution is 7.80. The number of unbranched alkanes of at least 4 members (excludes halogenated alkanes) is 1. The number of thiocarbonyl (C=S) groups is 1. The third-order valence-electron chi connectivity index (χ3n) is 2.14. The highest BCUT2D eigenvalue weighted by Gasteiger charge is 1.93. The van der Waals surface area contributed by atoms with E-state index in [1.807, 2.05) is 12.1 Å². The Hall–Kier alpha value is -1.03. The number of rotatable bonds is 6. The van der Waals surface area contributed by atoms with Gasteiger partial charge in [-0.25, -0.2) is 0 Å². The third-order valence-corrected chi connectivity index (χ3v) is 2.43. The lowest BCUT2D eigenvalue weighted by atomic mass is 10.3. The molecule has 2 N–H and O–H groups in total. The van der Waals surface area contributed by atoms with Gasteiger partial charge in [0.1, 0.15) is 0 Å². The zero-order valence-electron chi connectivity index (χ0n) is 9.20. The molecule has 4 heteroatoms. The van der Waals surface area contributed by atoms with Crippen LogP contribution in [0.25, 0.3) is 0 Å². The minimum absolute atomic E-state index is 0.760. The predicted molar refractivity (Wildman–Crippen MR) is 67.9 cm³/mol. The van der Waals surface area contributed by atoms with Gasteiger partial charge in [-0.1, -0.05) is 13.3 Å². The van der Waals surface area contributed by atoms with Crippen LogP contribution in [-0.4, -0.2) is 22.8 Å². The number of nitrogens with one attached hydrogen (secondary N) is 2. The Bertz CT molecular complexity index is 269. The molecule has 15 heavy (non-hydrogen) atoms. The molecule has 0 saturated carbocycles. The molecular weight excluding hydrogens is 206 g/mol. The van der Waals surface area contributed by atoms with Crippen LogP contribution in [0.3, 0.4) is 0 Å². The average Bonchev–Trinajstić information content (AvgIpc) is 2.71. The van der Waals surface area contributed by atoms with E-state index in [1.165, 1.54) is 12.8 Å². The Morgan fingerprint density at radius 2 is 1.87 bits per heavy atom. The SMILES string of the molecule is CCCCNC(=S)NCCn1cccc1. The molecule has 1 aromatic heterocycles. The largest absolute Gasteiger partial charge is 0.363 e. The first-order chi connectivity index (χ1) is 7.33. The Morgan fingerprint density at radius 3 is 2.53 bits per heavy atom. The summed E-state index contributed by atoms with van der Waals surface area (Å²) in [6, 6.07) is 4.05. The van der Waals surface area contributed by atoms with Crippen LogP contribution in [0.2, 0.25) is 0 Å². The van der Waals surface area contributed by atoms with Crippen LogP contribution in [0.15, 0.2) is 24.5 Å². The summed E-state index contributed by atoms with van der Waals surface area (Å²) >= 11 is 5.13. The zero-order chi connectivity index (χ0) is 10.9. The first-order valence-electron chi connectivity index (χ1n) is 5.45. The first-order valence-corrected chi connectivity index (χ1v) is 5.86. The monoisotopic (exact) mass is 225 g/mol. The molecule has 0 aliphatic carbocycles. The lowest BCUT2D eigenvalue weighted by molar-refractivity contribution is 0.666. The maximum atomic E-state index is 5.13. The second kappa shape index (κ2) is 7.29. The van der Waals surface area contributed by atoms with Gasteiger partial charge in [0.15, 0.2) is 5.11 Å². The Morgan fingerprint density at radius 1 is 1.20 bits per heavy atom. The molecule has 0 unspecified atom stereocenters. The summed E-state index contributed by atoms with van der Waals surface area (Å²) in [7, 11) is 0. The van der Waals surface area contributed by atoms with E-state index in [0.717, 1.165) is 24.7 Å². The van der Waals surface area contributed by atoms with Crippen molar-refractivity contribution in [2.24, 2.45) is 0 Å². The summed E-state index contributed by atoms with van der Waals surface area (Å²) in [5.74, 6) is 0. The topological polar surface area (TPSA) is 29.0 Å². The minimum Gasteiger partial charge on any atom is -0.363 e. The Balaban J connectivity index is 2.02. The van der Waals surface area contributed by atoms with E-state index in [0.29, 0.717) is 0 Å². The highest BCUT2D eigenvalue weighted by atomic mass is 32.1. The van der Waals surface area contributed by atoms with Crippen molar-refractivity contribution in [3.63, 3.8) is 0 Å². The Labute approximate surface area is 96.9 Å². The zero-order valence-corrected chi connectivity index (χ0v) is 10.0.